The molecule has 3 N–H and O–H groups in total. The van der Waals surface area contributed by atoms with Gasteiger partial charge in [0.2, 0.25) is 5.91 Å². The molecule has 0 aliphatic heterocycles. The predicted molar refractivity (Wildman–Crippen MR) is 79.1 cm³/mol. The molecule has 0 rings (SSSR count). The van der Waals surface area contributed by atoms with Crippen LogP contribution >= 0.6 is 0 Å². The summed E-state index contributed by atoms with van der Waals surface area (Å²) in [6.45, 7) is 9.76. The summed E-state index contributed by atoms with van der Waals surface area (Å²) in [7, 11) is 1.71. The van der Waals surface area contributed by atoms with E-state index in [4.69, 9.17) is 10.5 Å². The molecule has 0 aromatic heterocycles. The molecular formula is C14H31N3O2. The van der Waals surface area contributed by atoms with Gasteiger partial charge in [-0.1, -0.05) is 13.8 Å². The molecule has 2 unspecified atom stereocenters. The van der Waals surface area contributed by atoms with Gasteiger partial charge in [0, 0.05) is 26.2 Å². The lowest BCUT2D eigenvalue weighted by Gasteiger charge is -2.29. The number of carbonyl (C=O) groups excluding carboxylic acids is 1. The van der Waals surface area contributed by atoms with E-state index in [1.807, 2.05) is 0 Å². The summed E-state index contributed by atoms with van der Waals surface area (Å²) in [6.07, 6.45) is 2.85. The van der Waals surface area contributed by atoms with Gasteiger partial charge >= 0.3 is 0 Å². The number of hydrogen-bond donors (Lipinski definition) is 2. The Morgan fingerprint density at radius 2 is 2.05 bits per heavy atom. The molecule has 0 saturated carbocycles. The van der Waals surface area contributed by atoms with E-state index in [-0.39, 0.29) is 11.9 Å². The van der Waals surface area contributed by atoms with Crippen molar-refractivity contribution in [3.63, 3.8) is 0 Å². The Labute approximate surface area is 117 Å². The molecule has 0 spiro atoms. The molecule has 0 aliphatic rings. The number of primary amides is 1. The van der Waals surface area contributed by atoms with Gasteiger partial charge in [-0.25, -0.2) is 0 Å². The van der Waals surface area contributed by atoms with Gasteiger partial charge in [0.05, 0.1) is 12.6 Å². The first-order valence-corrected chi connectivity index (χ1v) is 7.32. The highest BCUT2D eigenvalue weighted by molar-refractivity contribution is 5.79. The first kappa shape index (κ1) is 18.4. The van der Waals surface area contributed by atoms with Crippen molar-refractivity contribution >= 4 is 5.91 Å². The van der Waals surface area contributed by atoms with Crippen LogP contribution in [0.5, 0.6) is 0 Å². The third-order valence-electron chi connectivity index (χ3n) is 3.49. The van der Waals surface area contributed by atoms with E-state index >= 15 is 0 Å². The van der Waals surface area contributed by atoms with Gasteiger partial charge < -0.3 is 15.8 Å². The Morgan fingerprint density at radius 1 is 1.37 bits per heavy atom. The Morgan fingerprint density at radius 3 is 2.53 bits per heavy atom. The highest BCUT2D eigenvalue weighted by Gasteiger charge is 2.18. The fraction of sp³-hybridized carbons (Fsp3) is 0.929. The van der Waals surface area contributed by atoms with E-state index in [9.17, 15) is 4.79 Å². The minimum Gasteiger partial charge on any atom is -0.383 e. The SMILES string of the molecule is CCCNC(CCN(CCOC)C(C)CC)C(N)=O. The monoisotopic (exact) mass is 273 g/mol. The number of amides is 1. The van der Waals surface area contributed by atoms with Gasteiger partial charge in [-0.05, 0) is 32.7 Å². The minimum absolute atomic E-state index is 0.228. The average Bonchev–Trinajstić information content (AvgIpc) is 2.40. The number of carbonyl (C=O) groups is 1. The molecular weight excluding hydrogens is 242 g/mol. The summed E-state index contributed by atoms with van der Waals surface area (Å²) in [5, 5.41) is 3.20. The first-order chi connectivity index (χ1) is 9.06. The Kier molecular flexibility index (Phi) is 10.8. The van der Waals surface area contributed by atoms with Crippen LogP contribution in [0.4, 0.5) is 0 Å². The highest BCUT2D eigenvalue weighted by atomic mass is 16.5. The zero-order valence-electron chi connectivity index (χ0n) is 12.9. The lowest BCUT2D eigenvalue weighted by Crippen LogP contribution is -2.45. The fourth-order valence-electron chi connectivity index (χ4n) is 1.98. The van der Waals surface area contributed by atoms with E-state index in [2.05, 4.69) is 31.0 Å². The van der Waals surface area contributed by atoms with Crippen LogP contribution in [0.15, 0.2) is 0 Å². The highest BCUT2D eigenvalue weighted by Crippen LogP contribution is 2.06. The molecule has 0 aromatic carbocycles. The van der Waals surface area contributed by atoms with Crippen LogP contribution in [0.25, 0.3) is 0 Å². The van der Waals surface area contributed by atoms with Crippen molar-refractivity contribution in [2.75, 3.05) is 33.4 Å². The number of hydrogen-bond acceptors (Lipinski definition) is 4. The van der Waals surface area contributed by atoms with Crippen LogP contribution in [0.2, 0.25) is 0 Å². The lowest BCUT2D eigenvalue weighted by atomic mass is 10.1. The molecule has 0 aromatic rings. The standard InChI is InChI=1S/C14H31N3O2/c1-5-8-16-13(14(15)18)7-9-17(10-11-19-4)12(3)6-2/h12-13,16H,5-11H2,1-4H3,(H2,15,18). The molecule has 0 heterocycles. The Balaban J connectivity index is 4.27. The summed E-state index contributed by atoms with van der Waals surface area (Å²) >= 11 is 0. The molecule has 0 saturated heterocycles. The van der Waals surface area contributed by atoms with Crippen LogP contribution in [-0.2, 0) is 9.53 Å². The maximum Gasteiger partial charge on any atom is 0.234 e. The van der Waals surface area contributed by atoms with Crippen LogP contribution in [0, 0.1) is 0 Å². The summed E-state index contributed by atoms with van der Waals surface area (Å²) in [4.78, 5) is 13.7. The van der Waals surface area contributed by atoms with Gasteiger partial charge in [0.25, 0.3) is 0 Å². The topological polar surface area (TPSA) is 67.6 Å². The van der Waals surface area contributed by atoms with Gasteiger partial charge in [-0.3, -0.25) is 9.69 Å². The van der Waals surface area contributed by atoms with Crippen molar-refractivity contribution < 1.29 is 9.53 Å². The summed E-state index contributed by atoms with van der Waals surface area (Å²) in [5.41, 5.74) is 5.43. The number of rotatable bonds is 12. The number of methoxy groups -OCH3 is 1. The van der Waals surface area contributed by atoms with E-state index < -0.39 is 0 Å². The molecule has 2 atom stereocenters. The van der Waals surface area contributed by atoms with Gasteiger partial charge in [0.1, 0.15) is 0 Å². The van der Waals surface area contributed by atoms with Crippen molar-refractivity contribution in [3.05, 3.63) is 0 Å². The van der Waals surface area contributed by atoms with Gasteiger partial charge in [-0.15, -0.1) is 0 Å². The summed E-state index contributed by atoms with van der Waals surface area (Å²) in [5.74, 6) is -0.260. The first-order valence-electron chi connectivity index (χ1n) is 7.32. The zero-order chi connectivity index (χ0) is 14.7. The van der Waals surface area contributed by atoms with E-state index in [1.165, 1.54) is 0 Å². The van der Waals surface area contributed by atoms with Crippen LogP contribution in [0.3, 0.4) is 0 Å². The van der Waals surface area contributed by atoms with Crippen LogP contribution < -0.4 is 11.1 Å². The maximum atomic E-state index is 11.4. The molecule has 0 bridgehead atoms. The average molecular weight is 273 g/mol. The number of nitrogens with two attached hydrogens (primary N) is 1. The smallest absolute Gasteiger partial charge is 0.234 e. The summed E-state index contributed by atoms with van der Waals surface area (Å²) < 4.78 is 5.14. The molecule has 0 aliphatic carbocycles. The summed E-state index contributed by atoms with van der Waals surface area (Å²) in [6, 6.07) is 0.268. The molecule has 1 amide bonds. The third-order valence-corrected chi connectivity index (χ3v) is 3.49. The van der Waals surface area contributed by atoms with Gasteiger partial charge in [-0.2, -0.15) is 0 Å². The van der Waals surface area contributed by atoms with Crippen LogP contribution in [-0.4, -0.2) is 56.2 Å². The van der Waals surface area contributed by atoms with Crippen molar-refractivity contribution in [1.82, 2.24) is 10.2 Å². The number of nitrogens with zero attached hydrogens (tertiary/aromatic N) is 1. The van der Waals surface area contributed by atoms with E-state index in [0.717, 1.165) is 38.9 Å². The second-order valence-electron chi connectivity index (χ2n) is 4.98. The van der Waals surface area contributed by atoms with E-state index in [0.29, 0.717) is 12.6 Å². The Hall–Kier alpha value is -0.650. The van der Waals surface area contributed by atoms with Crippen LogP contribution in [0.1, 0.15) is 40.0 Å². The molecule has 114 valence electrons. The Bertz CT molecular complexity index is 237. The lowest BCUT2D eigenvalue weighted by molar-refractivity contribution is -0.120. The number of ether oxygens (including phenoxy) is 1. The third kappa shape index (κ3) is 8.18. The fourth-order valence-corrected chi connectivity index (χ4v) is 1.98. The van der Waals surface area contributed by atoms with E-state index in [1.54, 1.807) is 7.11 Å². The molecule has 19 heavy (non-hydrogen) atoms. The van der Waals surface area contributed by atoms with Gasteiger partial charge in [0.15, 0.2) is 0 Å². The molecule has 0 radical (unpaired) electrons. The maximum absolute atomic E-state index is 11.4. The predicted octanol–water partition coefficient (Wildman–Crippen LogP) is 0.977. The molecule has 5 nitrogen and oxygen atoms in total. The van der Waals surface area contributed by atoms with Crippen molar-refractivity contribution in [3.8, 4) is 0 Å². The van der Waals surface area contributed by atoms with Crippen molar-refractivity contribution in [2.24, 2.45) is 5.73 Å². The second kappa shape index (κ2) is 11.2. The molecule has 0 fully saturated rings. The zero-order valence-corrected chi connectivity index (χ0v) is 12.9. The largest absolute Gasteiger partial charge is 0.383 e. The normalized spacial score (nSPS) is 14.6. The number of nitrogens with one attached hydrogen (secondary N) is 1. The quantitative estimate of drug-likeness (QED) is 0.556. The van der Waals surface area contributed by atoms with Crippen molar-refractivity contribution in [1.29, 1.82) is 0 Å². The second-order valence-corrected chi connectivity index (χ2v) is 4.98. The molecule has 5 heteroatoms. The van der Waals surface area contributed by atoms with Crippen molar-refractivity contribution in [2.45, 2.75) is 52.1 Å². The minimum atomic E-state index is -0.260.